The van der Waals surface area contributed by atoms with Gasteiger partial charge in [0.15, 0.2) is 5.82 Å². The Bertz CT molecular complexity index is 314. The van der Waals surface area contributed by atoms with Crippen LogP contribution in [0.1, 0.15) is 51.7 Å². The molecular formula is C12H23N3OS. The zero-order chi connectivity index (χ0) is 12.7. The summed E-state index contributed by atoms with van der Waals surface area (Å²) in [5.41, 5.74) is 5.69. The Hall–Kier alpha value is -0.550. The average Bonchev–Trinajstić information content (AvgIpc) is 2.73. The van der Waals surface area contributed by atoms with Crippen molar-refractivity contribution in [3.05, 3.63) is 11.7 Å². The van der Waals surface area contributed by atoms with Crippen LogP contribution < -0.4 is 5.73 Å². The lowest BCUT2D eigenvalue weighted by molar-refractivity contribution is 0.369. The van der Waals surface area contributed by atoms with Gasteiger partial charge < -0.3 is 10.3 Å². The SMILES string of the molecule is CCC(C)SCc1noc(CCCC(C)N)n1. The molecule has 0 amide bonds. The van der Waals surface area contributed by atoms with Crippen molar-refractivity contribution in [2.45, 2.75) is 63.5 Å². The molecule has 1 heterocycles. The summed E-state index contributed by atoms with van der Waals surface area (Å²) in [5.74, 6) is 2.39. The normalized spacial score (nSPS) is 14.8. The van der Waals surface area contributed by atoms with Gasteiger partial charge in [0.05, 0.1) is 5.75 Å². The van der Waals surface area contributed by atoms with Crippen molar-refractivity contribution in [1.29, 1.82) is 0 Å². The molecule has 0 saturated heterocycles. The first-order valence-corrected chi connectivity index (χ1v) is 7.35. The summed E-state index contributed by atoms with van der Waals surface area (Å²) in [6.45, 7) is 6.42. The van der Waals surface area contributed by atoms with E-state index in [1.54, 1.807) is 0 Å². The van der Waals surface area contributed by atoms with E-state index < -0.39 is 0 Å². The first kappa shape index (κ1) is 14.5. The number of nitrogens with two attached hydrogens (primary N) is 1. The van der Waals surface area contributed by atoms with E-state index in [0.29, 0.717) is 5.25 Å². The highest BCUT2D eigenvalue weighted by Crippen LogP contribution is 2.18. The molecule has 0 saturated carbocycles. The fourth-order valence-electron chi connectivity index (χ4n) is 1.36. The molecule has 0 aliphatic carbocycles. The fourth-order valence-corrected chi connectivity index (χ4v) is 2.15. The van der Waals surface area contributed by atoms with E-state index in [0.717, 1.165) is 36.7 Å². The molecular weight excluding hydrogens is 234 g/mol. The van der Waals surface area contributed by atoms with Crippen LogP contribution >= 0.6 is 11.8 Å². The molecule has 1 rings (SSSR count). The molecule has 0 bridgehead atoms. The minimum Gasteiger partial charge on any atom is -0.339 e. The smallest absolute Gasteiger partial charge is 0.226 e. The van der Waals surface area contributed by atoms with Crippen molar-refractivity contribution >= 4 is 11.8 Å². The second-order valence-electron chi connectivity index (χ2n) is 4.50. The second kappa shape index (κ2) is 7.71. The highest BCUT2D eigenvalue weighted by atomic mass is 32.2. The lowest BCUT2D eigenvalue weighted by atomic mass is 10.1. The molecule has 4 nitrogen and oxygen atoms in total. The fraction of sp³-hybridized carbons (Fsp3) is 0.833. The molecule has 1 aromatic rings. The average molecular weight is 257 g/mol. The van der Waals surface area contributed by atoms with Gasteiger partial charge in [-0.05, 0) is 26.2 Å². The Balaban J connectivity index is 2.27. The Morgan fingerprint density at radius 2 is 2.18 bits per heavy atom. The number of thioether (sulfide) groups is 1. The van der Waals surface area contributed by atoms with E-state index in [1.165, 1.54) is 6.42 Å². The zero-order valence-electron chi connectivity index (χ0n) is 11.0. The third-order valence-electron chi connectivity index (χ3n) is 2.63. The Labute approximate surface area is 108 Å². The number of rotatable bonds is 8. The molecule has 2 N–H and O–H groups in total. The Morgan fingerprint density at radius 1 is 1.41 bits per heavy atom. The quantitative estimate of drug-likeness (QED) is 0.775. The maximum Gasteiger partial charge on any atom is 0.226 e. The molecule has 0 spiro atoms. The van der Waals surface area contributed by atoms with Crippen LogP contribution in [-0.4, -0.2) is 21.4 Å². The van der Waals surface area contributed by atoms with Gasteiger partial charge in [0.25, 0.3) is 0 Å². The van der Waals surface area contributed by atoms with Crippen molar-refractivity contribution < 1.29 is 4.52 Å². The van der Waals surface area contributed by atoms with Gasteiger partial charge >= 0.3 is 0 Å². The van der Waals surface area contributed by atoms with Crippen LogP contribution in [0.4, 0.5) is 0 Å². The van der Waals surface area contributed by atoms with E-state index in [2.05, 4.69) is 24.0 Å². The van der Waals surface area contributed by atoms with Gasteiger partial charge in [-0.1, -0.05) is 19.0 Å². The summed E-state index contributed by atoms with van der Waals surface area (Å²) in [5, 5.41) is 4.63. The highest BCUT2D eigenvalue weighted by molar-refractivity contribution is 7.99. The summed E-state index contributed by atoms with van der Waals surface area (Å²) in [6, 6.07) is 0.248. The van der Waals surface area contributed by atoms with Crippen molar-refractivity contribution in [2.75, 3.05) is 0 Å². The van der Waals surface area contributed by atoms with Gasteiger partial charge in [0.1, 0.15) is 0 Å². The van der Waals surface area contributed by atoms with Crippen molar-refractivity contribution in [3.63, 3.8) is 0 Å². The Morgan fingerprint density at radius 3 is 2.82 bits per heavy atom. The molecule has 0 fully saturated rings. The molecule has 2 unspecified atom stereocenters. The highest BCUT2D eigenvalue weighted by Gasteiger charge is 2.08. The second-order valence-corrected chi connectivity index (χ2v) is 5.93. The van der Waals surface area contributed by atoms with Crippen molar-refractivity contribution in [3.8, 4) is 0 Å². The third-order valence-corrected chi connectivity index (χ3v) is 3.96. The topological polar surface area (TPSA) is 64.9 Å². The minimum absolute atomic E-state index is 0.248. The molecule has 0 aliphatic rings. The van der Waals surface area contributed by atoms with E-state index in [1.807, 2.05) is 18.7 Å². The van der Waals surface area contributed by atoms with Crippen molar-refractivity contribution in [2.24, 2.45) is 5.73 Å². The zero-order valence-corrected chi connectivity index (χ0v) is 11.8. The molecule has 0 aromatic carbocycles. The summed E-state index contributed by atoms with van der Waals surface area (Å²) in [7, 11) is 0. The van der Waals surface area contributed by atoms with Gasteiger partial charge in [-0.3, -0.25) is 0 Å². The predicted molar refractivity (Wildman–Crippen MR) is 71.9 cm³/mol. The van der Waals surface area contributed by atoms with Crippen LogP contribution in [0.25, 0.3) is 0 Å². The predicted octanol–water partition coefficient (Wildman–Crippen LogP) is 2.77. The van der Waals surface area contributed by atoms with Crippen LogP contribution in [0, 0.1) is 0 Å². The van der Waals surface area contributed by atoms with E-state index in [9.17, 15) is 0 Å². The third kappa shape index (κ3) is 6.07. The van der Waals surface area contributed by atoms with E-state index in [-0.39, 0.29) is 6.04 Å². The minimum atomic E-state index is 0.248. The molecule has 17 heavy (non-hydrogen) atoms. The van der Waals surface area contributed by atoms with Gasteiger partial charge in [-0.2, -0.15) is 16.7 Å². The first-order valence-electron chi connectivity index (χ1n) is 6.30. The van der Waals surface area contributed by atoms with Gasteiger partial charge in [0, 0.05) is 17.7 Å². The molecule has 0 aliphatic heterocycles. The molecule has 1 aromatic heterocycles. The van der Waals surface area contributed by atoms with Crippen LogP contribution in [0.15, 0.2) is 4.52 Å². The van der Waals surface area contributed by atoms with E-state index >= 15 is 0 Å². The lowest BCUT2D eigenvalue weighted by Gasteiger charge is -2.04. The van der Waals surface area contributed by atoms with Crippen molar-refractivity contribution in [1.82, 2.24) is 10.1 Å². The summed E-state index contributed by atoms with van der Waals surface area (Å²) < 4.78 is 5.20. The monoisotopic (exact) mass is 257 g/mol. The van der Waals surface area contributed by atoms with Crippen LogP contribution in [0.5, 0.6) is 0 Å². The molecule has 5 heteroatoms. The maximum absolute atomic E-state index is 5.69. The summed E-state index contributed by atoms with van der Waals surface area (Å²) in [4.78, 5) is 4.37. The van der Waals surface area contributed by atoms with Crippen LogP contribution in [0.2, 0.25) is 0 Å². The summed E-state index contributed by atoms with van der Waals surface area (Å²) >= 11 is 1.87. The number of hydrogen-bond acceptors (Lipinski definition) is 5. The maximum atomic E-state index is 5.69. The number of aromatic nitrogens is 2. The van der Waals surface area contributed by atoms with Gasteiger partial charge in [0.2, 0.25) is 5.89 Å². The number of hydrogen-bond donors (Lipinski definition) is 1. The van der Waals surface area contributed by atoms with Crippen LogP contribution in [0.3, 0.4) is 0 Å². The van der Waals surface area contributed by atoms with Crippen LogP contribution in [-0.2, 0) is 12.2 Å². The van der Waals surface area contributed by atoms with Gasteiger partial charge in [-0.15, -0.1) is 0 Å². The number of aryl methyl sites for hydroxylation is 1. The number of nitrogens with zero attached hydrogens (tertiary/aromatic N) is 2. The standard InChI is InChI=1S/C12H23N3OS/c1-4-10(3)17-8-11-14-12(16-15-11)7-5-6-9(2)13/h9-10H,4-8,13H2,1-3H3. The largest absolute Gasteiger partial charge is 0.339 e. The molecule has 0 radical (unpaired) electrons. The Kier molecular flexibility index (Phi) is 6.58. The molecule has 98 valence electrons. The van der Waals surface area contributed by atoms with E-state index in [4.69, 9.17) is 10.3 Å². The molecule has 2 atom stereocenters. The summed E-state index contributed by atoms with van der Waals surface area (Å²) in [6.07, 6.45) is 4.02. The van der Waals surface area contributed by atoms with Gasteiger partial charge in [-0.25, -0.2) is 0 Å². The lowest BCUT2D eigenvalue weighted by Crippen LogP contribution is -2.14. The first-order chi connectivity index (χ1) is 8.11.